The maximum atomic E-state index is 11.1. The molecular weight excluding hydrogens is 228 g/mol. The van der Waals surface area contributed by atoms with Crippen LogP contribution in [0.3, 0.4) is 0 Å². The molecule has 1 heterocycles. The smallest absolute Gasteiger partial charge is 0.243 e. The Bertz CT molecular complexity index is 560. The van der Waals surface area contributed by atoms with E-state index in [4.69, 9.17) is 0 Å². The van der Waals surface area contributed by atoms with Crippen LogP contribution in [0.15, 0.2) is 64.5 Å². The largest absolute Gasteiger partial charge is 0.284 e. The molecule has 0 saturated heterocycles. The van der Waals surface area contributed by atoms with Crippen molar-refractivity contribution in [2.75, 3.05) is 0 Å². The zero-order valence-electron chi connectivity index (χ0n) is 10.3. The third kappa shape index (κ3) is 2.55. The third-order valence-electron chi connectivity index (χ3n) is 2.55. The standard InChI is InChI=1S/C14H14N2O2/c1-10-6-7-13(15-11(2)17)12(9-10)14-5-3-4-8-16(14)18/h3-9,18H,1-2H3/b14-12-,15-13?. The zero-order valence-corrected chi connectivity index (χ0v) is 10.3. The maximum absolute atomic E-state index is 11.1. The van der Waals surface area contributed by atoms with Gasteiger partial charge in [-0.1, -0.05) is 17.7 Å². The van der Waals surface area contributed by atoms with E-state index in [1.54, 1.807) is 18.2 Å². The Morgan fingerprint density at radius 3 is 2.72 bits per heavy atom. The molecule has 0 fully saturated rings. The van der Waals surface area contributed by atoms with Crippen molar-refractivity contribution >= 4 is 11.6 Å². The molecular formula is C14H14N2O2. The van der Waals surface area contributed by atoms with Crippen molar-refractivity contribution < 1.29 is 10.0 Å². The second-order valence-electron chi connectivity index (χ2n) is 4.08. The molecule has 0 spiro atoms. The fourth-order valence-electron chi connectivity index (χ4n) is 1.77. The van der Waals surface area contributed by atoms with E-state index in [1.165, 1.54) is 13.1 Å². The van der Waals surface area contributed by atoms with Crippen LogP contribution < -0.4 is 0 Å². The van der Waals surface area contributed by atoms with Crippen LogP contribution in [0.4, 0.5) is 0 Å². The molecule has 2 rings (SSSR count). The number of rotatable bonds is 0. The number of nitrogens with zero attached hydrogens (tertiary/aromatic N) is 2. The third-order valence-corrected chi connectivity index (χ3v) is 2.55. The van der Waals surface area contributed by atoms with E-state index in [9.17, 15) is 10.0 Å². The number of carbonyl (C=O) groups is 1. The summed E-state index contributed by atoms with van der Waals surface area (Å²) in [5.74, 6) is -0.263. The fourth-order valence-corrected chi connectivity index (χ4v) is 1.77. The molecule has 0 radical (unpaired) electrons. The number of allylic oxidation sites excluding steroid dienone is 8. The predicted molar refractivity (Wildman–Crippen MR) is 69.9 cm³/mol. The SMILES string of the molecule is CC(=O)N=C1C=CC(C)=C/C1=C1\C=CC=CN1O. The number of carbonyl (C=O) groups excluding carboxylic acids is 1. The quantitative estimate of drug-likeness (QED) is 0.710. The molecule has 0 aromatic rings. The van der Waals surface area contributed by atoms with Gasteiger partial charge in [0, 0.05) is 18.7 Å². The second-order valence-corrected chi connectivity index (χ2v) is 4.08. The minimum Gasteiger partial charge on any atom is -0.284 e. The second kappa shape index (κ2) is 4.98. The lowest BCUT2D eigenvalue weighted by molar-refractivity contribution is -0.115. The number of hydrogen-bond acceptors (Lipinski definition) is 3. The highest BCUT2D eigenvalue weighted by Gasteiger charge is 2.16. The van der Waals surface area contributed by atoms with Crippen LogP contribution in [-0.4, -0.2) is 21.9 Å². The van der Waals surface area contributed by atoms with Gasteiger partial charge >= 0.3 is 0 Å². The van der Waals surface area contributed by atoms with E-state index in [0.717, 1.165) is 16.2 Å². The monoisotopic (exact) mass is 242 g/mol. The number of hydrogen-bond donors (Lipinski definition) is 1. The zero-order chi connectivity index (χ0) is 13.1. The summed E-state index contributed by atoms with van der Waals surface area (Å²) in [5, 5.41) is 10.8. The summed E-state index contributed by atoms with van der Waals surface area (Å²) >= 11 is 0. The van der Waals surface area contributed by atoms with Crippen molar-refractivity contribution in [2.45, 2.75) is 13.8 Å². The molecule has 92 valence electrons. The van der Waals surface area contributed by atoms with E-state index in [-0.39, 0.29) is 5.91 Å². The van der Waals surface area contributed by atoms with Gasteiger partial charge in [0.05, 0.1) is 11.4 Å². The van der Waals surface area contributed by atoms with Crippen molar-refractivity contribution in [2.24, 2.45) is 4.99 Å². The maximum Gasteiger partial charge on any atom is 0.243 e. The molecule has 4 nitrogen and oxygen atoms in total. The normalized spacial score (nSPS) is 24.7. The summed E-state index contributed by atoms with van der Waals surface area (Å²) in [6.07, 6.45) is 12.4. The van der Waals surface area contributed by atoms with Gasteiger partial charge < -0.3 is 0 Å². The van der Waals surface area contributed by atoms with Gasteiger partial charge in [0.1, 0.15) is 0 Å². The van der Waals surface area contributed by atoms with Gasteiger partial charge in [-0.2, -0.15) is 0 Å². The van der Waals surface area contributed by atoms with Crippen LogP contribution >= 0.6 is 0 Å². The van der Waals surface area contributed by atoms with Crippen LogP contribution in [0.5, 0.6) is 0 Å². The summed E-state index contributed by atoms with van der Waals surface area (Å²) in [6, 6.07) is 0. The van der Waals surface area contributed by atoms with Gasteiger partial charge in [-0.3, -0.25) is 10.0 Å². The summed E-state index contributed by atoms with van der Waals surface area (Å²) in [6.45, 7) is 3.35. The summed E-state index contributed by atoms with van der Waals surface area (Å²) in [7, 11) is 0. The molecule has 0 bridgehead atoms. The molecule has 18 heavy (non-hydrogen) atoms. The molecule has 4 heteroatoms. The molecule has 0 unspecified atom stereocenters. The lowest BCUT2D eigenvalue weighted by Gasteiger charge is -2.20. The highest BCUT2D eigenvalue weighted by Crippen LogP contribution is 2.22. The fraction of sp³-hybridized carbons (Fsp3) is 0.143. The first kappa shape index (κ1) is 12.3. The Hall–Kier alpha value is -2.20. The van der Waals surface area contributed by atoms with Crippen LogP contribution in [0.25, 0.3) is 0 Å². The van der Waals surface area contributed by atoms with Gasteiger partial charge in [0.25, 0.3) is 0 Å². The van der Waals surface area contributed by atoms with E-state index in [1.807, 2.05) is 25.2 Å². The Morgan fingerprint density at radius 1 is 1.28 bits per heavy atom. The summed E-state index contributed by atoms with van der Waals surface area (Å²) < 4.78 is 0. The first-order valence-electron chi connectivity index (χ1n) is 5.61. The van der Waals surface area contributed by atoms with Crippen LogP contribution in [0.1, 0.15) is 13.8 Å². The van der Waals surface area contributed by atoms with Crippen LogP contribution in [0.2, 0.25) is 0 Å². The molecule has 1 amide bonds. The van der Waals surface area contributed by atoms with Gasteiger partial charge in [-0.05, 0) is 31.2 Å². The first-order chi connectivity index (χ1) is 8.58. The molecule has 1 aliphatic carbocycles. The molecule has 0 atom stereocenters. The highest BCUT2D eigenvalue weighted by molar-refractivity contribution is 6.16. The number of hydroxylamine groups is 2. The first-order valence-corrected chi connectivity index (χ1v) is 5.61. The van der Waals surface area contributed by atoms with E-state index in [0.29, 0.717) is 11.4 Å². The van der Waals surface area contributed by atoms with Gasteiger partial charge in [-0.25, -0.2) is 10.1 Å². The van der Waals surface area contributed by atoms with E-state index >= 15 is 0 Å². The summed E-state index contributed by atoms with van der Waals surface area (Å²) in [5.41, 5.74) is 2.92. The van der Waals surface area contributed by atoms with Gasteiger partial charge in [-0.15, -0.1) is 0 Å². The van der Waals surface area contributed by atoms with Gasteiger partial charge in [0.2, 0.25) is 5.91 Å². The Balaban J connectivity index is 2.54. The van der Waals surface area contributed by atoms with Gasteiger partial charge in [0.15, 0.2) is 0 Å². The molecule has 0 saturated carbocycles. The predicted octanol–water partition coefficient (Wildman–Crippen LogP) is 2.52. The Morgan fingerprint density at radius 2 is 2.06 bits per heavy atom. The van der Waals surface area contributed by atoms with E-state index < -0.39 is 0 Å². The minimum atomic E-state index is -0.263. The van der Waals surface area contributed by atoms with Crippen LogP contribution in [0, 0.1) is 0 Å². The number of amides is 1. The minimum absolute atomic E-state index is 0.263. The van der Waals surface area contributed by atoms with Crippen molar-refractivity contribution in [3.05, 3.63) is 59.5 Å². The molecule has 1 aliphatic heterocycles. The molecule has 0 aromatic heterocycles. The van der Waals surface area contributed by atoms with Crippen molar-refractivity contribution in [1.29, 1.82) is 0 Å². The van der Waals surface area contributed by atoms with Crippen LogP contribution in [-0.2, 0) is 4.79 Å². The Kier molecular flexibility index (Phi) is 3.39. The van der Waals surface area contributed by atoms with Crippen molar-refractivity contribution in [3.63, 3.8) is 0 Å². The Labute approximate surface area is 106 Å². The molecule has 1 N–H and O–H groups in total. The topological polar surface area (TPSA) is 52.9 Å². The average Bonchev–Trinajstić information content (AvgIpc) is 2.32. The lowest BCUT2D eigenvalue weighted by atomic mass is 9.98. The number of aliphatic imine (C=N–C) groups is 1. The summed E-state index contributed by atoms with van der Waals surface area (Å²) in [4.78, 5) is 15.1. The molecule has 0 aromatic carbocycles. The van der Waals surface area contributed by atoms with Crippen molar-refractivity contribution in [3.8, 4) is 0 Å². The van der Waals surface area contributed by atoms with Crippen molar-refractivity contribution in [1.82, 2.24) is 5.06 Å². The van der Waals surface area contributed by atoms with E-state index in [2.05, 4.69) is 4.99 Å². The molecule has 2 aliphatic rings. The highest BCUT2D eigenvalue weighted by atomic mass is 16.5. The average molecular weight is 242 g/mol. The lowest BCUT2D eigenvalue weighted by Crippen LogP contribution is -2.18.